The van der Waals surface area contributed by atoms with E-state index in [-0.39, 0.29) is 5.92 Å². The number of ether oxygens (including phenoxy) is 1. The van der Waals surface area contributed by atoms with Gasteiger partial charge in [-0.3, -0.25) is 0 Å². The van der Waals surface area contributed by atoms with Crippen molar-refractivity contribution in [3.8, 4) is 0 Å². The molecule has 5 heteroatoms. The zero-order valence-electron chi connectivity index (χ0n) is 13.0. The molecule has 0 amide bonds. The molecule has 0 bridgehead atoms. The molecule has 2 aromatic carbocycles. The quantitative estimate of drug-likeness (QED) is 0.850. The average molecular weight is 329 g/mol. The van der Waals surface area contributed by atoms with Gasteiger partial charge in [-0.25, -0.2) is 12.7 Å². The second-order valence-corrected chi connectivity index (χ2v) is 8.07. The fourth-order valence-electron chi connectivity index (χ4n) is 3.49. The van der Waals surface area contributed by atoms with E-state index >= 15 is 0 Å². The Kier molecular flexibility index (Phi) is 3.43. The second kappa shape index (κ2) is 5.35. The maximum absolute atomic E-state index is 13.2. The van der Waals surface area contributed by atoms with E-state index in [0.29, 0.717) is 11.5 Å². The van der Waals surface area contributed by atoms with Crippen LogP contribution in [0.2, 0.25) is 0 Å². The van der Waals surface area contributed by atoms with Gasteiger partial charge in [-0.1, -0.05) is 35.9 Å². The molecule has 0 aliphatic carbocycles. The van der Waals surface area contributed by atoms with Crippen LogP contribution < -0.4 is 4.31 Å². The van der Waals surface area contributed by atoms with Crippen LogP contribution in [-0.4, -0.2) is 21.3 Å². The van der Waals surface area contributed by atoms with Gasteiger partial charge in [0, 0.05) is 12.5 Å². The standard InChI is InChI=1S/C18H19NO3S/c1-13-6-8-16(9-7-13)23(20,21)19-17-5-3-2-4-14(17)12-15-10-11-22-18(15)19/h2-9,15,18H,10-12H2,1H3. The van der Waals surface area contributed by atoms with Crippen LogP contribution >= 0.6 is 0 Å². The number of sulfonamides is 1. The molecule has 2 aliphatic heterocycles. The Bertz CT molecular complexity index is 830. The number of rotatable bonds is 2. The number of hydrogen-bond acceptors (Lipinski definition) is 3. The van der Waals surface area contributed by atoms with Crippen LogP contribution in [0, 0.1) is 12.8 Å². The van der Waals surface area contributed by atoms with Gasteiger partial charge in [0.2, 0.25) is 0 Å². The van der Waals surface area contributed by atoms with E-state index in [0.717, 1.165) is 29.7 Å². The zero-order valence-corrected chi connectivity index (χ0v) is 13.8. The Morgan fingerprint density at radius 3 is 2.61 bits per heavy atom. The van der Waals surface area contributed by atoms with Gasteiger partial charge >= 0.3 is 0 Å². The summed E-state index contributed by atoms with van der Waals surface area (Å²) < 4.78 is 33.8. The molecule has 23 heavy (non-hydrogen) atoms. The van der Waals surface area contributed by atoms with E-state index in [9.17, 15) is 8.42 Å². The first kappa shape index (κ1) is 14.7. The normalized spacial score (nSPS) is 23.4. The van der Waals surface area contributed by atoms with Gasteiger partial charge in [-0.15, -0.1) is 0 Å². The largest absolute Gasteiger partial charge is 0.357 e. The van der Waals surface area contributed by atoms with E-state index < -0.39 is 16.3 Å². The van der Waals surface area contributed by atoms with Crippen molar-refractivity contribution in [2.24, 2.45) is 5.92 Å². The molecule has 120 valence electrons. The van der Waals surface area contributed by atoms with Crippen molar-refractivity contribution in [1.29, 1.82) is 0 Å². The summed E-state index contributed by atoms with van der Waals surface area (Å²) in [5, 5.41) is 0. The molecule has 0 radical (unpaired) electrons. The summed E-state index contributed by atoms with van der Waals surface area (Å²) in [5.74, 6) is 0.227. The van der Waals surface area contributed by atoms with Crippen LogP contribution in [0.1, 0.15) is 17.5 Å². The molecule has 0 spiro atoms. The second-order valence-electron chi connectivity index (χ2n) is 6.26. The van der Waals surface area contributed by atoms with Crippen molar-refractivity contribution in [1.82, 2.24) is 0 Å². The molecule has 2 heterocycles. The lowest BCUT2D eigenvalue weighted by atomic mass is 9.92. The molecule has 0 aromatic heterocycles. The average Bonchev–Trinajstić information content (AvgIpc) is 3.00. The summed E-state index contributed by atoms with van der Waals surface area (Å²) in [6.45, 7) is 2.56. The maximum Gasteiger partial charge on any atom is 0.266 e. The van der Waals surface area contributed by atoms with E-state index in [1.807, 2.05) is 43.3 Å². The van der Waals surface area contributed by atoms with Crippen LogP contribution in [0.4, 0.5) is 5.69 Å². The number of nitrogens with zero attached hydrogens (tertiary/aromatic N) is 1. The van der Waals surface area contributed by atoms with E-state index in [2.05, 4.69) is 0 Å². The lowest BCUT2D eigenvalue weighted by Gasteiger charge is -2.38. The Labute approximate surface area is 136 Å². The lowest BCUT2D eigenvalue weighted by Crippen LogP contribution is -2.47. The maximum atomic E-state index is 13.2. The third-order valence-corrected chi connectivity index (χ3v) is 6.49. The number of anilines is 1. The summed E-state index contributed by atoms with van der Waals surface area (Å²) in [7, 11) is -3.64. The molecule has 4 rings (SSSR count). The van der Waals surface area contributed by atoms with Gasteiger partial charge in [-0.05, 0) is 43.5 Å². The molecule has 4 nitrogen and oxygen atoms in total. The Balaban J connectivity index is 1.86. The molecule has 0 saturated carbocycles. The Hall–Kier alpha value is -1.85. The molecule has 2 aromatic rings. The predicted octanol–water partition coefficient (Wildman–Crippen LogP) is 3.11. The van der Waals surface area contributed by atoms with Crippen molar-refractivity contribution in [2.45, 2.75) is 30.9 Å². The Morgan fingerprint density at radius 1 is 1.09 bits per heavy atom. The van der Waals surface area contributed by atoms with Gasteiger partial charge in [0.15, 0.2) is 0 Å². The summed E-state index contributed by atoms with van der Waals surface area (Å²) in [6, 6.07) is 14.7. The fourth-order valence-corrected chi connectivity index (χ4v) is 5.14. The zero-order chi connectivity index (χ0) is 16.0. The van der Waals surface area contributed by atoms with Gasteiger partial charge in [0.05, 0.1) is 10.6 Å². The third kappa shape index (κ3) is 2.35. The SMILES string of the molecule is Cc1ccc(S(=O)(=O)N2c3ccccc3CC3CCOC32)cc1. The first-order chi connectivity index (χ1) is 11.1. The highest BCUT2D eigenvalue weighted by atomic mass is 32.2. The number of para-hydroxylation sites is 1. The number of fused-ring (bicyclic) bond motifs is 2. The van der Waals surface area contributed by atoms with Crippen molar-refractivity contribution in [2.75, 3.05) is 10.9 Å². The van der Waals surface area contributed by atoms with Crippen LogP contribution in [0.15, 0.2) is 53.4 Å². The fraction of sp³-hybridized carbons (Fsp3) is 0.333. The lowest BCUT2D eigenvalue weighted by molar-refractivity contribution is 0.0964. The van der Waals surface area contributed by atoms with Crippen molar-refractivity contribution >= 4 is 15.7 Å². The molecule has 0 N–H and O–H groups in total. The van der Waals surface area contributed by atoms with Gasteiger partial charge in [-0.2, -0.15) is 0 Å². The molecule has 1 fully saturated rings. The highest BCUT2D eigenvalue weighted by Crippen LogP contribution is 2.41. The van der Waals surface area contributed by atoms with E-state index in [1.54, 1.807) is 12.1 Å². The molecule has 2 unspecified atom stereocenters. The highest BCUT2D eigenvalue weighted by Gasteiger charge is 2.44. The number of benzene rings is 2. The molecule has 2 aliphatic rings. The van der Waals surface area contributed by atoms with Crippen LogP contribution in [-0.2, 0) is 21.2 Å². The molecular weight excluding hydrogens is 310 g/mol. The number of hydrogen-bond donors (Lipinski definition) is 0. The highest BCUT2D eigenvalue weighted by molar-refractivity contribution is 7.92. The number of aryl methyl sites for hydroxylation is 1. The van der Waals surface area contributed by atoms with Gasteiger partial charge < -0.3 is 4.74 Å². The smallest absolute Gasteiger partial charge is 0.266 e. The molecular formula is C18H19NO3S. The van der Waals surface area contributed by atoms with Crippen molar-refractivity contribution in [3.05, 3.63) is 59.7 Å². The van der Waals surface area contributed by atoms with Crippen molar-refractivity contribution in [3.63, 3.8) is 0 Å². The van der Waals surface area contributed by atoms with Crippen LogP contribution in [0.25, 0.3) is 0 Å². The Morgan fingerprint density at radius 2 is 1.83 bits per heavy atom. The molecule has 1 saturated heterocycles. The van der Waals surface area contributed by atoms with Crippen LogP contribution in [0.5, 0.6) is 0 Å². The van der Waals surface area contributed by atoms with Crippen LogP contribution in [0.3, 0.4) is 0 Å². The minimum atomic E-state index is -3.64. The third-order valence-electron chi connectivity index (χ3n) is 4.70. The first-order valence-corrected chi connectivity index (χ1v) is 9.32. The summed E-state index contributed by atoms with van der Waals surface area (Å²) in [6.07, 6.45) is 1.39. The summed E-state index contributed by atoms with van der Waals surface area (Å²) in [4.78, 5) is 0.314. The first-order valence-electron chi connectivity index (χ1n) is 7.88. The van der Waals surface area contributed by atoms with Gasteiger partial charge in [0.1, 0.15) is 6.23 Å². The van der Waals surface area contributed by atoms with Gasteiger partial charge in [0.25, 0.3) is 10.0 Å². The summed E-state index contributed by atoms with van der Waals surface area (Å²) in [5.41, 5.74) is 2.86. The van der Waals surface area contributed by atoms with E-state index in [4.69, 9.17) is 4.74 Å². The van der Waals surface area contributed by atoms with Crippen molar-refractivity contribution < 1.29 is 13.2 Å². The topological polar surface area (TPSA) is 46.6 Å². The predicted molar refractivity (Wildman–Crippen MR) is 88.8 cm³/mol. The minimum Gasteiger partial charge on any atom is -0.357 e. The minimum absolute atomic E-state index is 0.227. The van der Waals surface area contributed by atoms with E-state index in [1.165, 1.54) is 4.31 Å². The summed E-state index contributed by atoms with van der Waals surface area (Å²) >= 11 is 0. The monoisotopic (exact) mass is 329 g/mol. The molecule has 2 atom stereocenters.